The van der Waals surface area contributed by atoms with Crippen molar-refractivity contribution in [3.63, 3.8) is 0 Å². The van der Waals surface area contributed by atoms with Crippen LogP contribution in [0.1, 0.15) is 26.7 Å². The number of carbonyl (C=O) groups is 1. The van der Waals surface area contributed by atoms with Gasteiger partial charge in [-0.25, -0.2) is 4.79 Å². The minimum atomic E-state index is -0.827. The first-order valence-electron chi connectivity index (χ1n) is 4.11. The summed E-state index contributed by atoms with van der Waals surface area (Å²) in [5, 5.41) is 8.74. The highest BCUT2D eigenvalue weighted by atomic mass is 16.4. The van der Waals surface area contributed by atoms with Gasteiger partial charge in [0.05, 0.1) is 5.57 Å². The summed E-state index contributed by atoms with van der Waals surface area (Å²) < 4.78 is 0. The van der Waals surface area contributed by atoms with Crippen molar-refractivity contribution in [1.82, 2.24) is 11.1 Å². The van der Waals surface area contributed by atoms with E-state index in [9.17, 15) is 4.79 Å². The number of nitrogens with zero attached hydrogens (tertiary/aromatic N) is 1. The molecule has 13 heavy (non-hydrogen) atoms. The van der Waals surface area contributed by atoms with Crippen LogP contribution >= 0.6 is 0 Å². The van der Waals surface area contributed by atoms with E-state index in [1.165, 1.54) is 0 Å². The third-order valence-corrected chi connectivity index (χ3v) is 1.78. The van der Waals surface area contributed by atoms with Crippen LogP contribution in [0.3, 0.4) is 0 Å². The maximum Gasteiger partial charge on any atom is 0.333 e. The summed E-state index contributed by atoms with van der Waals surface area (Å²) in [6.07, 6.45) is 1.79. The molecule has 0 unspecified atom stereocenters. The second kappa shape index (κ2) is 6.48. The molecule has 0 saturated carbocycles. The Balaban J connectivity index is 0. The Bertz CT molecular complexity index is 198. The normalized spacial score (nSPS) is 11.4. The molecule has 4 N–H and O–H groups in total. The quantitative estimate of drug-likeness (QED) is 0.660. The van der Waals surface area contributed by atoms with Crippen LogP contribution < -0.4 is 6.15 Å². The van der Waals surface area contributed by atoms with Crippen LogP contribution in [0.15, 0.2) is 11.3 Å². The molecule has 0 spiro atoms. The Morgan fingerprint density at radius 2 is 1.85 bits per heavy atom. The molecule has 0 aromatic heterocycles. The van der Waals surface area contributed by atoms with Gasteiger partial charge in [-0.1, -0.05) is 13.3 Å². The lowest BCUT2D eigenvalue weighted by molar-refractivity contribution is -0.132. The number of rotatable bonds is 4. The van der Waals surface area contributed by atoms with E-state index in [0.29, 0.717) is 5.57 Å². The predicted octanol–water partition coefficient (Wildman–Crippen LogP) is 1.87. The number of hydrogen-bond acceptors (Lipinski definition) is 3. The summed E-state index contributed by atoms with van der Waals surface area (Å²) in [5.74, 6) is -0.827. The second-order valence-corrected chi connectivity index (χ2v) is 3.02. The van der Waals surface area contributed by atoms with E-state index < -0.39 is 5.97 Å². The Kier molecular flexibility index (Phi) is 7.23. The van der Waals surface area contributed by atoms with Gasteiger partial charge in [-0.3, -0.25) is 0 Å². The third kappa shape index (κ3) is 4.52. The van der Waals surface area contributed by atoms with Gasteiger partial charge < -0.3 is 16.2 Å². The molecule has 0 heterocycles. The van der Waals surface area contributed by atoms with Gasteiger partial charge in [0.2, 0.25) is 0 Å². The van der Waals surface area contributed by atoms with Gasteiger partial charge in [0.15, 0.2) is 0 Å². The first-order chi connectivity index (χ1) is 5.50. The molecule has 78 valence electrons. The maximum atomic E-state index is 10.6. The molecule has 0 bridgehead atoms. The van der Waals surface area contributed by atoms with Crippen LogP contribution in [0.2, 0.25) is 0 Å². The fourth-order valence-electron chi connectivity index (χ4n) is 1.11. The van der Waals surface area contributed by atoms with Crippen molar-refractivity contribution in [1.29, 1.82) is 0 Å². The number of hydrogen-bond donors (Lipinski definition) is 2. The average Bonchev–Trinajstić information content (AvgIpc) is 1.98. The van der Waals surface area contributed by atoms with Crippen molar-refractivity contribution >= 4 is 5.97 Å². The lowest BCUT2D eigenvalue weighted by Crippen LogP contribution is -2.16. The van der Waals surface area contributed by atoms with Crippen molar-refractivity contribution in [2.24, 2.45) is 0 Å². The molecule has 0 aliphatic carbocycles. The minimum Gasteiger partial charge on any atom is -0.478 e. The van der Waals surface area contributed by atoms with Crippen molar-refractivity contribution < 1.29 is 9.90 Å². The number of allylic oxidation sites excluding steroid dienone is 1. The summed E-state index contributed by atoms with van der Waals surface area (Å²) in [4.78, 5) is 12.5. The van der Waals surface area contributed by atoms with E-state index in [1.54, 1.807) is 6.92 Å². The first kappa shape index (κ1) is 14.5. The first-order valence-corrected chi connectivity index (χ1v) is 4.11. The van der Waals surface area contributed by atoms with E-state index in [4.69, 9.17) is 5.11 Å². The van der Waals surface area contributed by atoms with E-state index in [-0.39, 0.29) is 6.15 Å². The van der Waals surface area contributed by atoms with Crippen LogP contribution in [0.5, 0.6) is 0 Å². The minimum absolute atomic E-state index is 0. The Labute approximate surface area is 79.8 Å². The molecule has 0 atom stereocenters. The lowest BCUT2D eigenvalue weighted by atomic mass is 10.1. The second-order valence-electron chi connectivity index (χ2n) is 3.02. The summed E-state index contributed by atoms with van der Waals surface area (Å²) in [6, 6.07) is 0. The van der Waals surface area contributed by atoms with Gasteiger partial charge in [0.1, 0.15) is 0 Å². The van der Waals surface area contributed by atoms with Crippen molar-refractivity contribution in [3.05, 3.63) is 11.3 Å². The van der Waals surface area contributed by atoms with E-state index in [0.717, 1.165) is 18.5 Å². The van der Waals surface area contributed by atoms with Gasteiger partial charge in [-0.2, -0.15) is 0 Å². The summed E-state index contributed by atoms with van der Waals surface area (Å²) in [5.41, 5.74) is 1.35. The molecule has 0 saturated heterocycles. The van der Waals surface area contributed by atoms with Gasteiger partial charge >= 0.3 is 5.97 Å². The smallest absolute Gasteiger partial charge is 0.333 e. The topological polar surface area (TPSA) is 75.5 Å². The molecule has 0 aromatic carbocycles. The van der Waals surface area contributed by atoms with Gasteiger partial charge in [0.25, 0.3) is 0 Å². The van der Waals surface area contributed by atoms with E-state index in [2.05, 4.69) is 0 Å². The predicted molar refractivity (Wildman–Crippen MR) is 54.0 cm³/mol. The maximum absolute atomic E-state index is 10.6. The highest BCUT2D eigenvalue weighted by Crippen LogP contribution is 2.13. The van der Waals surface area contributed by atoms with Crippen LogP contribution in [-0.4, -0.2) is 30.1 Å². The number of carboxylic acids is 1. The van der Waals surface area contributed by atoms with Crippen LogP contribution in [0, 0.1) is 0 Å². The highest BCUT2D eigenvalue weighted by molar-refractivity contribution is 5.86. The molecule has 0 amide bonds. The van der Waals surface area contributed by atoms with Crippen molar-refractivity contribution in [2.75, 3.05) is 14.1 Å². The molecule has 0 fully saturated rings. The molecule has 4 nitrogen and oxygen atoms in total. The zero-order chi connectivity index (χ0) is 9.72. The zero-order valence-corrected chi connectivity index (χ0v) is 8.92. The van der Waals surface area contributed by atoms with E-state index in [1.807, 2.05) is 25.9 Å². The van der Waals surface area contributed by atoms with Crippen molar-refractivity contribution in [2.45, 2.75) is 26.7 Å². The fourth-order valence-corrected chi connectivity index (χ4v) is 1.11. The molecule has 0 radical (unpaired) electrons. The molecule has 0 aliphatic heterocycles. The van der Waals surface area contributed by atoms with Crippen LogP contribution in [0.25, 0.3) is 0 Å². The largest absolute Gasteiger partial charge is 0.478 e. The summed E-state index contributed by atoms with van der Waals surface area (Å²) >= 11 is 0. The number of aliphatic carboxylic acids is 1. The average molecular weight is 188 g/mol. The van der Waals surface area contributed by atoms with Crippen LogP contribution in [-0.2, 0) is 4.79 Å². The molecule has 0 rings (SSSR count). The van der Waals surface area contributed by atoms with Crippen LogP contribution in [0.4, 0.5) is 0 Å². The Hall–Kier alpha value is -1.03. The third-order valence-electron chi connectivity index (χ3n) is 1.78. The van der Waals surface area contributed by atoms with Gasteiger partial charge in [-0.05, 0) is 13.3 Å². The molecule has 0 aliphatic rings. The zero-order valence-electron chi connectivity index (χ0n) is 8.92. The highest BCUT2D eigenvalue weighted by Gasteiger charge is 2.09. The molecule has 0 aromatic rings. The van der Waals surface area contributed by atoms with Gasteiger partial charge in [-0.15, -0.1) is 0 Å². The lowest BCUT2D eigenvalue weighted by Gasteiger charge is -2.18. The van der Waals surface area contributed by atoms with Gasteiger partial charge in [0, 0.05) is 19.8 Å². The molecular formula is C9H20N2O2. The summed E-state index contributed by atoms with van der Waals surface area (Å²) in [6.45, 7) is 3.69. The molecule has 4 heteroatoms. The standard InChI is InChI=1S/C9H17NO2.H3N/c1-5-6-8(10(3)4)7(2)9(11)12;/h5-6H2,1-4H3,(H,11,12);1H3/b8-7+;. The molecular weight excluding hydrogens is 168 g/mol. The van der Waals surface area contributed by atoms with Crippen molar-refractivity contribution in [3.8, 4) is 0 Å². The number of carboxylic acid groups (broad SMARTS) is 1. The van der Waals surface area contributed by atoms with E-state index >= 15 is 0 Å². The summed E-state index contributed by atoms with van der Waals surface area (Å²) in [7, 11) is 3.74. The monoisotopic (exact) mass is 188 g/mol. The fraction of sp³-hybridized carbons (Fsp3) is 0.667. The SMILES string of the molecule is CCC/C(=C(/C)C(=O)O)N(C)C.N. The Morgan fingerprint density at radius 3 is 2.08 bits per heavy atom. The Morgan fingerprint density at radius 1 is 1.38 bits per heavy atom.